The number of aromatic carboxylic acids is 1. The summed E-state index contributed by atoms with van der Waals surface area (Å²) in [5.74, 6) is -1.30. The van der Waals surface area contributed by atoms with Crippen molar-refractivity contribution >= 4 is 17.6 Å². The highest BCUT2D eigenvalue weighted by atomic mass is 16.5. The molecular formula is C14H19NO4. The molecule has 1 aromatic rings. The number of anilines is 1. The van der Waals surface area contributed by atoms with E-state index in [-0.39, 0.29) is 17.9 Å². The van der Waals surface area contributed by atoms with Crippen molar-refractivity contribution in [2.45, 2.75) is 26.7 Å². The Morgan fingerprint density at radius 3 is 2.68 bits per heavy atom. The van der Waals surface area contributed by atoms with Crippen LogP contribution in [-0.2, 0) is 9.53 Å². The van der Waals surface area contributed by atoms with E-state index in [0.29, 0.717) is 18.9 Å². The minimum atomic E-state index is -1.05. The zero-order valence-corrected chi connectivity index (χ0v) is 11.2. The molecule has 0 spiro atoms. The lowest BCUT2D eigenvalue weighted by molar-refractivity contribution is -0.117. The fraction of sp³-hybridized carbons (Fsp3) is 0.429. The fourth-order valence-corrected chi connectivity index (χ4v) is 1.57. The second-order valence-corrected chi connectivity index (χ2v) is 4.26. The fourth-order valence-electron chi connectivity index (χ4n) is 1.57. The second kappa shape index (κ2) is 7.53. The summed E-state index contributed by atoms with van der Waals surface area (Å²) in [5, 5.41) is 11.7. The molecule has 104 valence electrons. The minimum absolute atomic E-state index is 0.0998. The van der Waals surface area contributed by atoms with E-state index in [1.807, 2.05) is 6.92 Å². The third kappa shape index (κ3) is 5.09. The van der Waals surface area contributed by atoms with Crippen LogP contribution in [0.25, 0.3) is 0 Å². The number of carbonyl (C=O) groups is 2. The lowest BCUT2D eigenvalue weighted by Crippen LogP contribution is -2.16. The second-order valence-electron chi connectivity index (χ2n) is 4.26. The van der Waals surface area contributed by atoms with Crippen molar-refractivity contribution < 1.29 is 19.4 Å². The maximum atomic E-state index is 11.7. The van der Waals surface area contributed by atoms with Gasteiger partial charge in [-0.3, -0.25) is 4.79 Å². The molecule has 0 fully saturated rings. The van der Waals surface area contributed by atoms with E-state index < -0.39 is 5.97 Å². The molecule has 0 atom stereocenters. The first-order chi connectivity index (χ1) is 9.04. The van der Waals surface area contributed by atoms with Crippen molar-refractivity contribution in [3.05, 3.63) is 29.3 Å². The molecule has 0 aliphatic heterocycles. The summed E-state index contributed by atoms with van der Waals surface area (Å²) < 4.78 is 5.21. The number of carboxylic acid groups (broad SMARTS) is 1. The predicted molar refractivity (Wildman–Crippen MR) is 72.5 cm³/mol. The molecule has 0 saturated carbocycles. The Kier molecular flexibility index (Phi) is 6.02. The first kappa shape index (κ1) is 15.2. The van der Waals surface area contributed by atoms with Crippen LogP contribution in [-0.4, -0.2) is 30.2 Å². The molecule has 0 aliphatic carbocycles. The number of hydrogen-bond donors (Lipinski definition) is 2. The van der Waals surface area contributed by atoms with Crippen LogP contribution < -0.4 is 5.32 Å². The van der Waals surface area contributed by atoms with Crippen LogP contribution in [0.15, 0.2) is 18.2 Å². The number of amides is 1. The van der Waals surface area contributed by atoms with Crippen LogP contribution in [0, 0.1) is 6.92 Å². The van der Waals surface area contributed by atoms with Crippen LogP contribution in [0.4, 0.5) is 5.69 Å². The number of rotatable bonds is 7. The summed E-state index contributed by atoms with van der Waals surface area (Å²) in [6.07, 6.45) is 1.12. The molecule has 2 N–H and O–H groups in total. The zero-order chi connectivity index (χ0) is 14.3. The summed E-state index contributed by atoms with van der Waals surface area (Å²) >= 11 is 0. The predicted octanol–water partition coefficient (Wildman–Crippen LogP) is 2.45. The van der Waals surface area contributed by atoms with Crippen LogP contribution in [0.5, 0.6) is 0 Å². The van der Waals surface area contributed by atoms with Crippen LogP contribution in [0.1, 0.15) is 35.7 Å². The Labute approximate surface area is 112 Å². The lowest BCUT2D eigenvalue weighted by Gasteiger charge is -2.09. The topological polar surface area (TPSA) is 75.6 Å². The Balaban J connectivity index is 2.61. The summed E-state index contributed by atoms with van der Waals surface area (Å²) in [5.41, 5.74) is 1.25. The van der Waals surface area contributed by atoms with Crippen molar-refractivity contribution in [1.29, 1.82) is 0 Å². The normalized spacial score (nSPS) is 10.2. The maximum Gasteiger partial charge on any atom is 0.337 e. The number of nitrogens with one attached hydrogen (secondary N) is 1. The first-order valence-corrected chi connectivity index (χ1v) is 6.26. The average Bonchev–Trinajstić information content (AvgIpc) is 2.36. The minimum Gasteiger partial charge on any atom is -0.478 e. The summed E-state index contributed by atoms with van der Waals surface area (Å²) in [6.45, 7) is 4.76. The molecule has 0 unspecified atom stereocenters. The molecule has 0 saturated heterocycles. The molecule has 0 heterocycles. The van der Waals surface area contributed by atoms with Crippen LogP contribution in [0.3, 0.4) is 0 Å². The van der Waals surface area contributed by atoms with E-state index in [2.05, 4.69) is 5.32 Å². The SMILES string of the molecule is CCCOCCC(=O)Nc1ccc(C)cc1C(=O)O. The van der Waals surface area contributed by atoms with Gasteiger partial charge in [-0.05, 0) is 25.5 Å². The lowest BCUT2D eigenvalue weighted by atomic mass is 10.1. The van der Waals surface area contributed by atoms with E-state index in [1.54, 1.807) is 19.1 Å². The van der Waals surface area contributed by atoms with Gasteiger partial charge in [0, 0.05) is 6.61 Å². The van der Waals surface area contributed by atoms with Gasteiger partial charge in [-0.2, -0.15) is 0 Å². The number of aryl methyl sites for hydroxylation is 1. The molecule has 5 nitrogen and oxygen atoms in total. The van der Waals surface area contributed by atoms with E-state index in [1.165, 1.54) is 6.07 Å². The Morgan fingerprint density at radius 1 is 1.32 bits per heavy atom. The molecule has 1 amide bonds. The Bertz CT molecular complexity index is 457. The summed E-state index contributed by atoms with van der Waals surface area (Å²) in [6, 6.07) is 4.89. The molecule has 0 aliphatic rings. The van der Waals surface area contributed by atoms with E-state index >= 15 is 0 Å². The molecule has 5 heteroatoms. The highest BCUT2D eigenvalue weighted by Crippen LogP contribution is 2.17. The molecule has 0 bridgehead atoms. The number of ether oxygens (including phenoxy) is 1. The Hall–Kier alpha value is -1.88. The van der Waals surface area contributed by atoms with Gasteiger partial charge in [0.1, 0.15) is 0 Å². The van der Waals surface area contributed by atoms with Gasteiger partial charge in [0.05, 0.1) is 24.3 Å². The molecular weight excluding hydrogens is 246 g/mol. The van der Waals surface area contributed by atoms with Crippen molar-refractivity contribution in [2.75, 3.05) is 18.5 Å². The Morgan fingerprint density at radius 2 is 2.05 bits per heavy atom. The van der Waals surface area contributed by atoms with Gasteiger partial charge in [0.2, 0.25) is 5.91 Å². The molecule has 1 rings (SSSR count). The third-order valence-corrected chi connectivity index (χ3v) is 2.50. The summed E-state index contributed by atoms with van der Waals surface area (Å²) in [7, 11) is 0. The van der Waals surface area contributed by atoms with Gasteiger partial charge in [-0.25, -0.2) is 4.79 Å². The molecule has 0 radical (unpaired) electrons. The number of carbonyl (C=O) groups excluding carboxylic acids is 1. The number of hydrogen-bond acceptors (Lipinski definition) is 3. The quantitative estimate of drug-likeness (QED) is 0.742. The van der Waals surface area contributed by atoms with Gasteiger partial charge in [0.25, 0.3) is 0 Å². The first-order valence-electron chi connectivity index (χ1n) is 6.26. The number of carboxylic acids is 1. The smallest absolute Gasteiger partial charge is 0.337 e. The summed E-state index contributed by atoms with van der Waals surface area (Å²) in [4.78, 5) is 22.7. The number of benzene rings is 1. The molecule has 0 aromatic heterocycles. The largest absolute Gasteiger partial charge is 0.478 e. The van der Waals surface area contributed by atoms with Crippen molar-refractivity contribution in [2.24, 2.45) is 0 Å². The van der Waals surface area contributed by atoms with Gasteiger partial charge in [-0.1, -0.05) is 18.6 Å². The van der Waals surface area contributed by atoms with Crippen molar-refractivity contribution in [3.63, 3.8) is 0 Å². The third-order valence-electron chi connectivity index (χ3n) is 2.50. The van der Waals surface area contributed by atoms with Gasteiger partial charge < -0.3 is 15.2 Å². The zero-order valence-electron chi connectivity index (χ0n) is 11.2. The highest BCUT2D eigenvalue weighted by Gasteiger charge is 2.12. The standard InChI is InChI=1S/C14H19NO4/c1-3-7-19-8-6-13(16)15-12-5-4-10(2)9-11(12)14(17)18/h4-5,9H,3,6-8H2,1-2H3,(H,15,16)(H,17,18). The van der Waals surface area contributed by atoms with E-state index in [4.69, 9.17) is 9.84 Å². The van der Waals surface area contributed by atoms with Gasteiger partial charge >= 0.3 is 5.97 Å². The van der Waals surface area contributed by atoms with Crippen LogP contribution >= 0.6 is 0 Å². The monoisotopic (exact) mass is 265 g/mol. The van der Waals surface area contributed by atoms with E-state index in [9.17, 15) is 9.59 Å². The van der Waals surface area contributed by atoms with Crippen LogP contribution in [0.2, 0.25) is 0 Å². The van der Waals surface area contributed by atoms with Gasteiger partial charge in [-0.15, -0.1) is 0 Å². The van der Waals surface area contributed by atoms with Crippen molar-refractivity contribution in [3.8, 4) is 0 Å². The average molecular weight is 265 g/mol. The molecule has 1 aromatic carbocycles. The van der Waals surface area contributed by atoms with Gasteiger partial charge in [0.15, 0.2) is 0 Å². The van der Waals surface area contributed by atoms with E-state index in [0.717, 1.165) is 12.0 Å². The van der Waals surface area contributed by atoms with Crippen molar-refractivity contribution in [1.82, 2.24) is 0 Å². The highest BCUT2D eigenvalue weighted by molar-refractivity contribution is 6.00. The maximum absolute atomic E-state index is 11.7. The molecule has 19 heavy (non-hydrogen) atoms.